The first-order valence-electron chi connectivity index (χ1n) is 9.33. The second-order valence-corrected chi connectivity index (χ2v) is 7.18. The first-order chi connectivity index (χ1) is 11.5. The van der Waals surface area contributed by atoms with E-state index < -0.39 is 6.10 Å². The third-order valence-corrected chi connectivity index (χ3v) is 5.00. The van der Waals surface area contributed by atoms with Crippen LogP contribution in [0, 0.1) is 0 Å². The highest BCUT2D eigenvalue weighted by molar-refractivity contribution is 5.26. The van der Waals surface area contributed by atoms with Gasteiger partial charge in [-0.2, -0.15) is 0 Å². The molecule has 136 valence electrons. The van der Waals surface area contributed by atoms with Gasteiger partial charge in [-0.15, -0.1) is 0 Å². The van der Waals surface area contributed by atoms with E-state index in [2.05, 4.69) is 54.8 Å². The monoisotopic (exact) mass is 334 g/mol. The number of ether oxygens (including phenoxy) is 1. The topological polar surface area (TPSA) is 35.9 Å². The molecule has 4 nitrogen and oxygen atoms in total. The van der Waals surface area contributed by atoms with E-state index in [-0.39, 0.29) is 0 Å². The molecule has 0 radical (unpaired) electrons. The van der Waals surface area contributed by atoms with Gasteiger partial charge in [-0.05, 0) is 30.9 Å². The predicted molar refractivity (Wildman–Crippen MR) is 99.5 cm³/mol. The number of hydrogen-bond acceptors (Lipinski definition) is 4. The first-order valence-corrected chi connectivity index (χ1v) is 9.33. The summed E-state index contributed by atoms with van der Waals surface area (Å²) in [4.78, 5) is 4.86. The molecule has 1 aliphatic heterocycles. The van der Waals surface area contributed by atoms with Gasteiger partial charge in [-0.25, -0.2) is 0 Å². The van der Waals surface area contributed by atoms with Crippen molar-refractivity contribution in [2.75, 3.05) is 45.9 Å². The molecule has 2 atom stereocenters. The van der Waals surface area contributed by atoms with Crippen LogP contribution in [0.1, 0.15) is 50.8 Å². The molecule has 1 aromatic rings. The number of aliphatic hydroxyl groups excluding tert-OH is 1. The third-order valence-electron chi connectivity index (χ3n) is 5.00. The van der Waals surface area contributed by atoms with Crippen molar-refractivity contribution >= 4 is 0 Å². The molecular formula is C20H34N2O2. The number of hydrogen-bond donors (Lipinski definition) is 1. The molecule has 1 fully saturated rings. The van der Waals surface area contributed by atoms with Crippen molar-refractivity contribution in [2.45, 2.75) is 45.8 Å². The third kappa shape index (κ3) is 5.55. The second kappa shape index (κ2) is 9.52. The Kier molecular flexibility index (Phi) is 7.69. The summed E-state index contributed by atoms with van der Waals surface area (Å²) in [5.41, 5.74) is 2.34. The maximum atomic E-state index is 10.6. The maximum Gasteiger partial charge on any atom is 0.0916 e. The molecule has 2 rings (SSSR count). The van der Waals surface area contributed by atoms with E-state index in [1.165, 1.54) is 5.56 Å². The van der Waals surface area contributed by atoms with Crippen molar-refractivity contribution in [1.29, 1.82) is 0 Å². The highest BCUT2D eigenvalue weighted by Crippen LogP contribution is 2.20. The molecule has 1 aliphatic rings. The van der Waals surface area contributed by atoms with E-state index in [1.54, 1.807) is 0 Å². The lowest BCUT2D eigenvalue weighted by atomic mass is 9.99. The maximum absolute atomic E-state index is 10.6. The summed E-state index contributed by atoms with van der Waals surface area (Å²) in [6.45, 7) is 15.1. The molecule has 1 saturated heterocycles. The highest BCUT2D eigenvalue weighted by Gasteiger charge is 2.25. The van der Waals surface area contributed by atoms with Crippen LogP contribution in [0.5, 0.6) is 0 Å². The van der Waals surface area contributed by atoms with Crippen molar-refractivity contribution in [3.63, 3.8) is 0 Å². The summed E-state index contributed by atoms with van der Waals surface area (Å²) in [5.74, 6) is 0.529. The van der Waals surface area contributed by atoms with Crippen LogP contribution in [0.3, 0.4) is 0 Å². The van der Waals surface area contributed by atoms with Crippen LogP contribution in [0.15, 0.2) is 24.3 Å². The van der Waals surface area contributed by atoms with E-state index >= 15 is 0 Å². The highest BCUT2D eigenvalue weighted by atomic mass is 16.5. The lowest BCUT2D eigenvalue weighted by Crippen LogP contribution is -2.53. The summed E-state index contributed by atoms with van der Waals surface area (Å²) in [6.07, 6.45) is -0.409. The minimum atomic E-state index is -0.409. The fourth-order valence-corrected chi connectivity index (χ4v) is 3.35. The van der Waals surface area contributed by atoms with Crippen molar-refractivity contribution in [1.82, 2.24) is 9.80 Å². The molecule has 0 aromatic heterocycles. The largest absolute Gasteiger partial charge is 0.387 e. The Hall–Kier alpha value is -0.940. The Morgan fingerprint density at radius 3 is 2.42 bits per heavy atom. The smallest absolute Gasteiger partial charge is 0.0916 e. The van der Waals surface area contributed by atoms with E-state index in [9.17, 15) is 5.11 Å². The second-order valence-electron chi connectivity index (χ2n) is 7.18. The molecule has 0 spiro atoms. The van der Waals surface area contributed by atoms with E-state index in [0.717, 1.165) is 45.0 Å². The average Bonchev–Trinajstić information content (AvgIpc) is 2.57. The summed E-state index contributed by atoms with van der Waals surface area (Å²) in [5, 5.41) is 10.6. The van der Waals surface area contributed by atoms with Gasteiger partial charge < -0.3 is 9.84 Å². The molecule has 1 heterocycles. The molecule has 0 unspecified atom stereocenters. The zero-order valence-electron chi connectivity index (χ0n) is 15.7. The fraction of sp³-hybridized carbons (Fsp3) is 0.700. The van der Waals surface area contributed by atoms with Crippen LogP contribution in [0.4, 0.5) is 0 Å². The molecule has 0 amide bonds. The van der Waals surface area contributed by atoms with E-state index in [4.69, 9.17) is 4.74 Å². The average molecular weight is 335 g/mol. The van der Waals surface area contributed by atoms with Crippen molar-refractivity contribution < 1.29 is 9.84 Å². The fourth-order valence-electron chi connectivity index (χ4n) is 3.35. The van der Waals surface area contributed by atoms with Crippen LogP contribution >= 0.6 is 0 Å². The minimum absolute atomic E-state index is 0.409. The van der Waals surface area contributed by atoms with Crippen LogP contribution in [0.25, 0.3) is 0 Å². The van der Waals surface area contributed by atoms with Gasteiger partial charge in [0.25, 0.3) is 0 Å². The molecule has 1 N–H and O–H groups in total. The molecule has 0 aliphatic carbocycles. The Morgan fingerprint density at radius 2 is 1.83 bits per heavy atom. The van der Waals surface area contributed by atoms with Crippen LogP contribution in [0.2, 0.25) is 0 Å². The number of rotatable bonds is 8. The zero-order valence-corrected chi connectivity index (χ0v) is 15.7. The molecule has 0 saturated carbocycles. The molecule has 4 heteroatoms. The Labute approximate surface area is 147 Å². The predicted octanol–water partition coefficient (Wildman–Crippen LogP) is 2.89. The van der Waals surface area contributed by atoms with Crippen molar-refractivity contribution in [2.24, 2.45) is 0 Å². The van der Waals surface area contributed by atoms with Crippen molar-refractivity contribution in [3.05, 3.63) is 35.4 Å². The van der Waals surface area contributed by atoms with E-state index in [0.29, 0.717) is 18.5 Å². The minimum Gasteiger partial charge on any atom is -0.387 e. The summed E-state index contributed by atoms with van der Waals surface area (Å²) in [7, 11) is 0. The Bertz CT molecular complexity index is 475. The molecule has 0 bridgehead atoms. The summed E-state index contributed by atoms with van der Waals surface area (Å²) >= 11 is 0. The SMILES string of the molecule is CCOCCN1CCN(C[C@@H](O)c2ccc(C(C)C)cc2)C[C@@H]1C. The van der Waals surface area contributed by atoms with Crippen LogP contribution < -0.4 is 0 Å². The standard InChI is InChI=1S/C20H34N2O2/c1-5-24-13-12-22-11-10-21(14-17(22)4)15-20(23)19-8-6-18(7-9-19)16(2)3/h6-9,16-17,20,23H,5,10-15H2,1-4H3/t17-,20+/m0/s1. The Balaban J connectivity index is 1.81. The molecule has 1 aromatic carbocycles. The van der Waals surface area contributed by atoms with Gasteiger partial charge in [0, 0.05) is 45.4 Å². The van der Waals surface area contributed by atoms with Gasteiger partial charge in [-0.1, -0.05) is 38.1 Å². The van der Waals surface area contributed by atoms with Gasteiger partial charge in [0.15, 0.2) is 0 Å². The molecule has 24 heavy (non-hydrogen) atoms. The quantitative estimate of drug-likeness (QED) is 0.742. The van der Waals surface area contributed by atoms with E-state index in [1.807, 2.05) is 6.92 Å². The molecular weight excluding hydrogens is 300 g/mol. The normalized spacial score (nSPS) is 21.3. The van der Waals surface area contributed by atoms with Gasteiger partial charge in [-0.3, -0.25) is 9.80 Å². The van der Waals surface area contributed by atoms with Gasteiger partial charge in [0.05, 0.1) is 12.7 Å². The number of β-amino-alcohol motifs (C(OH)–C–C–N with tert-alkyl or cyclic N) is 1. The van der Waals surface area contributed by atoms with Crippen LogP contribution in [-0.4, -0.2) is 66.9 Å². The number of nitrogens with zero attached hydrogens (tertiary/aromatic N) is 2. The van der Waals surface area contributed by atoms with Gasteiger partial charge >= 0.3 is 0 Å². The van der Waals surface area contributed by atoms with Crippen LogP contribution in [-0.2, 0) is 4.74 Å². The lowest BCUT2D eigenvalue weighted by Gasteiger charge is -2.40. The number of benzene rings is 1. The number of aliphatic hydroxyl groups is 1. The van der Waals surface area contributed by atoms with Crippen molar-refractivity contribution in [3.8, 4) is 0 Å². The number of piperazine rings is 1. The zero-order chi connectivity index (χ0) is 17.5. The lowest BCUT2D eigenvalue weighted by molar-refractivity contribution is 0.0280. The summed E-state index contributed by atoms with van der Waals surface area (Å²) in [6, 6.07) is 8.92. The Morgan fingerprint density at radius 1 is 1.17 bits per heavy atom. The first kappa shape index (κ1) is 19.4. The van der Waals surface area contributed by atoms with Gasteiger partial charge in [0.1, 0.15) is 0 Å². The van der Waals surface area contributed by atoms with Gasteiger partial charge in [0.2, 0.25) is 0 Å². The summed E-state index contributed by atoms with van der Waals surface area (Å²) < 4.78 is 5.46.